The SMILES string of the molecule is C=CC(=CS(=O)(=O)OCCC(=O)O)C(=O)OC. The van der Waals surface area contributed by atoms with Crippen molar-refractivity contribution >= 4 is 22.1 Å². The summed E-state index contributed by atoms with van der Waals surface area (Å²) < 4.78 is 31.1. The second-order valence-corrected chi connectivity index (χ2v) is 4.18. The highest BCUT2D eigenvalue weighted by Gasteiger charge is 2.14. The van der Waals surface area contributed by atoms with Crippen LogP contribution < -0.4 is 0 Å². The van der Waals surface area contributed by atoms with Crippen LogP contribution in [0.5, 0.6) is 0 Å². The lowest BCUT2D eigenvalue weighted by Gasteiger charge is -2.02. The zero-order chi connectivity index (χ0) is 13.5. The fourth-order valence-electron chi connectivity index (χ4n) is 0.732. The summed E-state index contributed by atoms with van der Waals surface area (Å²) in [5.41, 5.74) is -0.303. The van der Waals surface area contributed by atoms with Crippen molar-refractivity contribution in [2.45, 2.75) is 6.42 Å². The Hall–Kier alpha value is -1.67. The highest BCUT2D eigenvalue weighted by atomic mass is 32.2. The normalized spacial score (nSPS) is 11.9. The molecular formula is C9H12O7S. The van der Waals surface area contributed by atoms with E-state index in [1.807, 2.05) is 0 Å². The highest BCUT2D eigenvalue weighted by molar-refractivity contribution is 7.89. The number of esters is 1. The molecule has 0 aromatic carbocycles. The van der Waals surface area contributed by atoms with E-state index in [9.17, 15) is 18.0 Å². The summed E-state index contributed by atoms with van der Waals surface area (Å²) in [5, 5.41) is 8.81. The first-order chi connectivity index (χ1) is 7.82. The van der Waals surface area contributed by atoms with E-state index in [2.05, 4.69) is 15.5 Å². The van der Waals surface area contributed by atoms with E-state index in [-0.39, 0.29) is 5.57 Å². The molecule has 0 aromatic rings. The lowest BCUT2D eigenvalue weighted by Crippen LogP contribution is -2.10. The third kappa shape index (κ3) is 6.48. The molecule has 0 saturated heterocycles. The largest absolute Gasteiger partial charge is 0.481 e. The lowest BCUT2D eigenvalue weighted by molar-refractivity contribution is -0.137. The van der Waals surface area contributed by atoms with Crippen LogP contribution in [-0.4, -0.2) is 39.2 Å². The molecule has 0 aliphatic heterocycles. The first-order valence-corrected chi connectivity index (χ1v) is 5.83. The van der Waals surface area contributed by atoms with Crippen molar-refractivity contribution in [3.8, 4) is 0 Å². The van der Waals surface area contributed by atoms with Crippen LogP contribution >= 0.6 is 0 Å². The van der Waals surface area contributed by atoms with Gasteiger partial charge in [0.2, 0.25) is 0 Å². The standard InChI is InChI=1S/C9H12O7S/c1-3-7(9(12)15-2)6-17(13,14)16-5-4-8(10)11/h3,6H,1,4-5H2,2H3,(H,10,11). The minimum atomic E-state index is -4.14. The summed E-state index contributed by atoms with van der Waals surface area (Å²) >= 11 is 0. The molecule has 0 radical (unpaired) electrons. The third-order valence-corrected chi connectivity index (χ3v) is 2.51. The first-order valence-electron chi connectivity index (χ1n) is 4.36. The van der Waals surface area contributed by atoms with E-state index in [4.69, 9.17) is 5.11 Å². The monoisotopic (exact) mass is 264 g/mol. The Morgan fingerprint density at radius 2 is 2.00 bits per heavy atom. The summed E-state index contributed by atoms with van der Waals surface area (Å²) in [7, 11) is -3.06. The molecule has 0 bridgehead atoms. The molecular weight excluding hydrogens is 252 g/mol. The Kier molecular flexibility index (Phi) is 6.15. The molecule has 0 fully saturated rings. The van der Waals surface area contributed by atoms with Gasteiger partial charge in [-0.25, -0.2) is 4.79 Å². The molecule has 0 aliphatic rings. The third-order valence-electron chi connectivity index (χ3n) is 1.48. The number of hydrogen-bond acceptors (Lipinski definition) is 6. The maximum absolute atomic E-state index is 11.3. The quantitative estimate of drug-likeness (QED) is 0.299. The molecule has 0 aliphatic carbocycles. The second kappa shape index (κ2) is 6.81. The Morgan fingerprint density at radius 1 is 1.41 bits per heavy atom. The number of rotatable bonds is 7. The lowest BCUT2D eigenvalue weighted by atomic mass is 10.3. The number of aliphatic carboxylic acids is 1. The van der Waals surface area contributed by atoms with Gasteiger partial charge in [0.15, 0.2) is 0 Å². The van der Waals surface area contributed by atoms with Gasteiger partial charge in [-0.2, -0.15) is 8.42 Å². The van der Waals surface area contributed by atoms with Crippen molar-refractivity contribution in [3.05, 3.63) is 23.6 Å². The second-order valence-electron chi connectivity index (χ2n) is 2.73. The van der Waals surface area contributed by atoms with Gasteiger partial charge < -0.3 is 9.84 Å². The van der Waals surface area contributed by atoms with Crippen LogP contribution in [0.2, 0.25) is 0 Å². The summed E-state index contributed by atoms with van der Waals surface area (Å²) in [6.07, 6.45) is 0.526. The summed E-state index contributed by atoms with van der Waals surface area (Å²) in [6.45, 7) is 2.73. The first kappa shape index (κ1) is 15.3. The fourth-order valence-corrected chi connectivity index (χ4v) is 1.62. The van der Waals surface area contributed by atoms with Crippen LogP contribution in [0.1, 0.15) is 6.42 Å². The Bertz CT molecular complexity index is 432. The molecule has 96 valence electrons. The van der Waals surface area contributed by atoms with E-state index in [1.54, 1.807) is 0 Å². The fraction of sp³-hybridized carbons (Fsp3) is 0.333. The van der Waals surface area contributed by atoms with Gasteiger partial charge in [-0.3, -0.25) is 8.98 Å². The number of ether oxygens (including phenoxy) is 1. The molecule has 0 atom stereocenters. The van der Waals surface area contributed by atoms with E-state index in [0.29, 0.717) is 5.41 Å². The van der Waals surface area contributed by atoms with Gasteiger partial charge in [0.25, 0.3) is 10.1 Å². The smallest absolute Gasteiger partial charge is 0.338 e. The summed E-state index contributed by atoms with van der Waals surface area (Å²) in [5.74, 6) is -2.08. The minimum Gasteiger partial charge on any atom is -0.481 e. The molecule has 0 unspecified atom stereocenters. The summed E-state index contributed by atoms with van der Waals surface area (Å²) in [6, 6.07) is 0. The predicted octanol–water partition coefficient (Wildman–Crippen LogP) is 0.0504. The zero-order valence-electron chi connectivity index (χ0n) is 9.08. The van der Waals surface area contributed by atoms with Crippen molar-refractivity contribution in [2.75, 3.05) is 13.7 Å². The molecule has 0 rings (SSSR count). The van der Waals surface area contributed by atoms with Crippen LogP contribution in [0.3, 0.4) is 0 Å². The molecule has 0 saturated carbocycles. The number of carbonyl (C=O) groups is 2. The van der Waals surface area contributed by atoms with E-state index in [1.165, 1.54) is 0 Å². The van der Waals surface area contributed by atoms with Crippen molar-refractivity contribution in [3.63, 3.8) is 0 Å². The van der Waals surface area contributed by atoms with Gasteiger partial charge in [-0.1, -0.05) is 12.7 Å². The van der Waals surface area contributed by atoms with Gasteiger partial charge in [-0.15, -0.1) is 0 Å². The molecule has 1 N–H and O–H groups in total. The Balaban J connectivity index is 4.71. The Labute approximate surface area is 98.5 Å². The summed E-state index contributed by atoms with van der Waals surface area (Å²) in [4.78, 5) is 21.2. The number of carboxylic acids is 1. The van der Waals surface area contributed by atoms with Crippen LogP contribution in [0.4, 0.5) is 0 Å². The molecule has 7 nitrogen and oxygen atoms in total. The number of carbonyl (C=O) groups excluding carboxylic acids is 1. The number of methoxy groups -OCH3 is 1. The van der Waals surface area contributed by atoms with E-state index < -0.39 is 35.1 Å². The van der Waals surface area contributed by atoms with Crippen molar-refractivity contribution in [2.24, 2.45) is 0 Å². The van der Waals surface area contributed by atoms with Crippen molar-refractivity contribution in [1.29, 1.82) is 0 Å². The van der Waals surface area contributed by atoms with Crippen LogP contribution in [0.15, 0.2) is 23.6 Å². The van der Waals surface area contributed by atoms with Crippen molar-refractivity contribution < 1.29 is 32.0 Å². The van der Waals surface area contributed by atoms with Gasteiger partial charge >= 0.3 is 11.9 Å². The number of carboxylic acid groups (broad SMARTS) is 1. The van der Waals surface area contributed by atoms with Crippen LogP contribution in [0.25, 0.3) is 0 Å². The maximum Gasteiger partial charge on any atom is 0.338 e. The predicted molar refractivity (Wildman–Crippen MR) is 57.4 cm³/mol. The molecule has 0 aromatic heterocycles. The molecule has 0 heterocycles. The van der Waals surface area contributed by atoms with Gasteiger partial charge in [-0.05, 0) is 0 Å². The van der Waals surface area contributed by atoms with Crippen LogP contribution in [-0.2, 0) is 28.6 Å². The molecule has 0 spiro atoms. The average molecular weight is 264 g/mol. The topological polar surface area (TPSA) is 107 Å². The molecule has 8 heteroatoms. The highest BCUT2D eigenvalue weighted by Crippen LogP contribution is 2.05. The maximum atomic E-state index is 11.3. The van der Waals surface area contributed by atoms with E-state index >= 15 is 0 Å². The van der Waals surface area contributed by atoms with Crippen LogP contribution in [0, 0.1) is 0 Å². The Morgan fingerprint density at radius 3 is 2.41 bits per heavy atom. The number of hydrogen-bond donors (Lipinski definition) is 1. The van der Waals surface area contributed by atoms with E-state index in [0.717, 1.165) is 13.2 Å². The van der Waals surface area contributed by atoms with Crippen molar-refractivity contribution in [1.82, 2.24) is 0 Å². The minimum absolute atomic E-state index is 0.303. The van der Waals surface area contributed by atoms with Gasteiger partial charge in [0.1, 0.15) is 0 Å². The zero-order valence-corrected chi connectivity index (χ0v) is 9.90. The molecule has 17 heavy (non-hydrogen) atoms. The average Bonchev–Trinajstić information content (AvgIpc) is 2.24. The molecule has 0 amide bonds. The van der Waals surface area contributed by atoms with Gasteiger partial charge in [0.05, 0.1) is 31.1 Å². The van der Waals surface area contributed by atoms with Gasteiger partial charge in [0, 0.05) is 0 Å².